The molecule has 5 nitrogen and oxygen atoms in total. The summed E-state index contributed by atoms with van der Waals surface area (Å²) in [6, 6.07) is 0. The van der Waals surface area contributed by atoms with E-state index in [1.807, 2.05) is 0 Å². The second kappa shape index (κ2) is 2.90. The Balaban J connectivity index is 2.16. The van der Waals surface area contributed by atoms with Crippen molar-refractivity contribution in [2.24, 2.45) is 5.92 Å². The molecule has 2 fully saturated rings. The van der Waals surface area contributed by atoms with Crippen molar-refractivity contribution in [3.63, 3.8) is 0 Å². The summed E-state index contributed by atoms with van der Waals surface area (Å²) in [6.45, 7) is -0.0868. The fourth-order valence-corrected chi connectivity index (χ4v) is 2.23. The zero-order valence-corrected chi connectivity index (χ0v) is 7.13. The maximum absolute atomic E-state index is 9.59. The van der Waals surface area contributed by atoms with Crippen molar-refractivity contribution >= 4 is 0 Å². The minimum Gasteiger partial charge on any atom is -0.396 e. The average Bonchev–Trinajstić information content (AvgIpc) is 2.31. The van der Waals surface area contributed by atoms with Crippen molar-refractivity contribution in [2.45, 2.75) is 36.9 Å². The molecule has 1 saturated carbocycles. The monoisotopic (exact) mass is 190 g/mol. The molecule has 1 aliphatic heterocycles. The van der Waals surface area contributed by atoms with Gasteiger partial charge in [0.15, 0.2) is 6.29 Å². The van der Waals surface area contributed by atoms with E-state index in [0.29, 0.717) is 6.42 Å². The molecule has 13 heavy (non-hydrogen) atoms. The van der Waals surface area contributed by atoms with Crippen molar-refractivity contribution in [3.05, 3.63) is 0 Å². The van der Waals surface area contributed by atoms with Crippen molar-refractivity contribution in [1.29, 1.82) is 0 Å². The molecule has 0 aromatic carbocycles. The van der Waals surface area contributed by atoms with Crippen molar-refractivity contribution < 1.29 is 25.2 Å². The van der Waals surface area contributed by atoms with Crippen molar-refractivity contribution in [2.75, 3.05) is 6.61 Å². The third-order valence-electron chi connectivity index (χ3n) is 3.25. The van der Waals surface area contributed by atoms with Gasteiger partial charge in [0.05, 0.1) is 0 Å². The van der Waals surface area contributed by atoms with Crippen LogP contribution < -0.4 is 0 Å². The minimum absolute atomic E-state index is 0.0868. The zero-order valence-electron chi connectivity index (χ0n) is 7.13. The predicted molar refractivity (Wildman–Crippen MR) is 41.6 cm³/mol. The number of rotatable bonds is 1. The molecule has 1 aliphatic carbocycles. The smallest absolute Gasteiger partial charge is 0.184 e. The summed E-state index contributed by atoms with van der Waals surface area (Å²) in [5, 5.41) is 37.0. The van der Waals surface area contributed by atoms with Gasteiger partial charge < -0.3 is 25.2 Å². The Bertz CT molecular complexity index is 207. The third kappa shape index (κ3) is 1.05. The molecule has 0 amide bonds. The number of aliphatic hydroxyl groups excluding tert-OH is 4. The summed E-state index contributed by atoms with van der Waals surface area (Å²) in [7, 11) is 0. The lowest BCUT2D eigenvalue weighted by atomic mass is 9.66. The van der Waals surface area contributed by atoms with Crippen LogP contribution in [0.2, 0.25) is 0 Å². The molecular formula is C8H14O5. The molecule has 1 spiro atoms. The van der Waals surface area contributed by atoms with E-state index in [9.17, 15) is 10.2 Å². The van der Waals surface area contributed by atoms with Crippen LogP contribution in [-0.4, -0.2) is 51.1 Å². The Morgan fingerprint density at radius 1 is 1.31 bits per heavy atom. The molecular weight excluding hydrogens is 176 g/mol. The summed E-state index contributed by atoms with van der Waals surface area (Å²) < 4.78 is 5.11. The van der Waals surface area contributed by atoms with Crippen LogP contribution in [0.25, 0.3) is 0 Å². The molecule has 0 aromatic rings. The van der Waals surface area contributed by atoms with Crippen LogP contribution in [0, 0.1) is 5.92 Å². The lowest BCUT2D eigenvalue weighted by molar-refractivity contribution is -0.221. The molecule has 5 atom stereocenters. The number of ether oxygens (including phenoxy) is 1. The van der Waals surface area contributed by atoms with Gasteiger partial charge in [0.1, 0.15) is 17.8 Å². The van der Waals surface area contributed by atoms with E-state index in [1.54, 1.807) is 0 Å². The molecule has 1 heterocycles. The number of hydrogen-bond acceptors (Lipinski definition) is 5. The molecule has 1 unspecified atom stereocenters. The molecule has 2 aliphatic rings. The maximum Gasteiger partial charge on any atom is 0.184 e. The van der Waals surface area contributed by atoms with Crippen molar-refractivity contribution in [1.82, 2.24) is 0 Å². The van der Waals surface area contributed by atoms with Gasteiger partial charge in [-0.1, -0.05) is 0 Å². The highest BCUT2D eigenvalue weighted by Gasteiger charge is 2.61. The lowest BCUT2D eigenvalue weighted by Gasteiger charge is -2.47. The van der Waals surface area contributed by atoms with Gasteiger partial charge in [-0.05, 0) is 12.8 Å². The first-order valence-corrected chi connectivity index (χ1v) is 4.44. The Kier molecular flexibility index (Phi) is 2.08. The van der Waals surface area contributed by atoms with Gasteiger partial charge in [-0.15, -0.1) is 0 Å². The first kappa shape index (κ1) is 9.36. The minimum atomic E-state index is -1.33. The largest absolute Gasteiger partial charge is 0.396 e. The summed E-state index contributed by atoms with van der Waals surface area (Å²) >= 11 is 0. The molecule has 76 valence electrons. The van der Waals surface area contributed by atoms with E-state index in [1.165, 1.54) is 0 Å². The molecule has 2 rings (SSSR count). The molecule has 4 N–H and O–H groups in total. The first-order chi connectivity index (χ1) is 6.12. The standard InChI is InChI=1S/C8H14O5/c9-3-4-1-2-8(4)6(11)5(10)7(12)13-8/h4-7,9-12H,1-3H2/t4-,5?,6-,7-,8-/m1/s1. The van der Waals surface area contributed by atoms with Crippen molar-refractivity contribution in [3.8, 4) is 0 Å². The molecule has 0 bridgehead atoms. The Morgan fingerprint density at radius 2 is 2.00 bits per heavy atom. The van der Waals surface area contributed by atoms with Crippen LogP contribution in [0.5, 0.6) is 0 Å². The lowest BCUT2D eigenvalue weighted by Crippen LogP contribution is -2.57. The van der Waals surface area contributed by atoms with Crippen LogP contribution in [0.15, 0.2) is 0 Å². The van der Waals surface area contributed by atoms with E-state index in [0.717, 1.165) is 6.42 Å². The number of aliphatic hydroxyl groups is 4. The second-order valence-corrected chi connectivity index (χ2v) is 3.82. The second-order valence-electron chi connectivity index (χ2n) is 3.82. The number of hydrogen-bond donors (Lipinski definition) is 4. The Morgan fingerprint density at radius 3 is 2.31 bits per heavy atom. The summed E-state index contributed by atoms with van der Waals surface area (Å²) in [4.78, 5) is 0. The average molecular weight is 190 g/mol. The van der Waals surface area contributed by atoms with Gasteiger partial charge in [0.2, 0.25) is 0 Å². The van der Waals surface area contributed by atoms with Gasteiger partial charge >= 0.3 is 0 Å². The summed E-state index contributed by atoms with van der Waals surface area (Å²) in [5.41, 5.74) is -0.909. The topological polar surface area (TPSA) is 90.2 Å². The van der Waals surface area contributed by atoms with Crippen LogP contribution in [0.4, 0.5) is 0 Å². The highest BCUT2D eigenvalue weighted by atomic mass is 16.7. The highest BCUT2D eigenvalue weighted by molar-refractivity contribution is 5.09. The van der Waals surface area contributed by atoms with Gasteiger partial charge in [0.25, 0.3) is 0 Å². The van der Waals surface area contributed by atoms with Gasteiger partial charge in [-0.3, -0.25) is 0 Å². The van der Waals surface area contributed by atoms with E-state index in [4.69, 9.17) is 14.9 Å². The summed E-state index contributed by atoms with van der Waals surface area (Å²) in [6.07, 6.45) is -2.34. The van der Waals surface area contributed by atoms with Crippen LogP contribution in [0.3, 0.4) is 0 Å². The molecule has 5 heteroatoms. The van der Waals surface area contributed by atoms with Crippen LogP contribution in [-0.2, 0) is 4.74 Å². The quantitative estimate of drug-likeness (QED) is 0.391. The normalized spacial score (nSPS) is 55.4. The molecule has 0 aromatic heterocycles. The van der Waals surface area contributed by atoms with E-state index in [2.05, 4.69) is 0 Å². The van der Waals surface area contributed by atoms with Gasteiger partial charge in [-0.25, -0.2) is 0 Å². The summed E-state index contributed by atoms with van der Waals surface area (Å²) in [5.74, 6) is -0.172. The van der Waals surface area contributed by atoms with Gasteiger partial charge in [0, 0.05) is 12.5 Å². The Hall–Kier alpha value is -0.200. The van der Waals surface area contributed by atoms with Gasteiger partial charge in [-0.2, -0.15) is 0 Å². The predicted octanol–water partition coefficient (Wildman–Crippen LogP) is -1.80. The van der Waals surface area contributed by atoms with E-state index in [-0.39, 0.29) is 12.5 Å². The third-order valence-corrected chi connectivity index (χ3v) is 3.25. The molecule has 0 radical (unpaired) electrons. The Labute approximate surface area is 75.6 Å². The maximum atomic E-state index is 9.59. The SMILES string of the molecule is OC[C@H]1CC[C@@]12O[C@@H](O)C(O)[C@H]2O. The van der Waals surface area contributed by atoms with E-state index >= 15 is 0 Å². The van der Waals surface area contributed by atoms with Crippen LogP contribution >= 0.6 is 0 Å². The van der Waals surface area contributed by atoms with Crippen LogP contribution in [0.1, 0.15) is 12.8 Å². The fourth-order valence-electron chi connectivity index (χ4n) is 2.23. The highest BCUT2D eigenvalue weighted by Crippen LogP contribution is 2.49. The molecule has 1 saturated heterocycles. The van der Waals surface area contributed by atoms with E-state index < -0.39 is 24.1 Å². The fraction of sp³-hybridized carbons (Fsp3) is 1.00. The first-order valence-electron chi connectivity index (χ1n) is 4.44. The zero-order chi connectivity index (χ0) is 9.64.